The molecule has 1 aromatic heterocycles. The molecular weight excluding hydrogens is 366 g/mol. The molecule has 2 aromatic carbocycles. The van der Waals surface area contributed by atoms with Crippen LogP contribution in [0.4, 0.5) is 11.4 Å². The van der Waals surface area contributed by atoms with Gasteiger partial charge >= 0.3 is 0 Å². The van der Waals surface area contributed by atoms with Crippen molar-refractivity contribution in [3.8, 4) is 0 Å². The summed E-state index contributed by atoms with van der Waals surface area (Å²) in [5.41, 5.74) is 3.37. The first kappa shape index (κ1) is 19.1. The molecule has 1 atom stereocenters. The minimum absolute atomic E-state index is 0.0600. The summed E-state index contributed by atoms with van der Waals surface area (Å²) in [6.07, 6.45) is 2.10. The lowest BCUT2D eigenvalue weighted by atomic mass is 9.97. The fraction of sp³-hybridized carbons (Fsp3) is 0.318. The van der Waals surface area contributed by atoms with E-state index in [-0.39, 0.29) is 11.8 Å². The Morgan fingerprint density at radius 1 is 1.14 bits per heavy atom. The highest BCUT2D eigenvalue weighted by molar-refractivity contribution is 5.94. The van der Waals surface area contributed by atoms with E-state index in [1.807, 2.05) is 30.3 Å². The average Bonchev–Trinajstić information content (AvgIpc) is 3.12. The van der Waals surface area contributed by atoms with Gasteiger partial charge in [-0.1, -0.05) is 18.2 Å². The summed E-state index contributed by atoms with van der Waals surface area (Å²) in [5.74, 6) is 1.10. The quantitative estimate of drug-likeness (QED) is 0.622. The van der Waals surface area contributed by atoms with Gasteiger partial charge in [0.1, 0.15) is 5.82 Å². The zero-order chi connectivity index (χ0) is 20.2. The maximum absolute atomic E-state index is 12.5. The van der Waals surface area contributed by atoms with Gasteiger partial charge in [-0.25, -0.2) is 4.98 Å². The third kappa shape index (κ3) is 4.81. The number of likely N-dealkylation sites (tertiary alicyclic amines) is 1. The molecule has 1 aliphatic heterocycles. The second-order valence-electron chi connectivity index (χ2n) is 7.52. The molecular formula is C22H25N5O2. The number of aromatic nitrogens is 2. The lowest BCUT2D eigenvalue weighted by Gasteiger charge is -2.31. The summed E-state index contributed by atoms with van der Waals surface area (Å²) in [7, 11) is 0. The van der Waals surface area contributed by atoms with Crippen molar-refractivity contribution < 1.29 is 9.59 Å². The number of rotatable bonds is 5. The number of para-hydroxylation sites is 2. The Bertz CT molecular complexity index is 996. The summed E-state index contributed by atoms with van der Waals surface area (Å²) in [4.78, 5) is 34.1. The molecule has 7 nitrogen and oxygen atoms in total. The van der Waals surface area contributed by atoms with Gasteiger partial charge in [0.15, 0.2) is 0 Å². The number of carbonyl (C=O) groups is 2. The number of imidazole rings is 1. The van der Waals surface area contributed by atoms with E-state index in [0.717, 1.165) is 42.8 Å². The summed E-state index contributed by atoms with van der Waals surface area (Å²) in [5, 5.41) is 5.65. The van der Waals surface area contributed by atoms with Gasteiger partial charge in [0.25, 0.3) is 0 Å². The Kier molecular flexibility index (Phi) is 5.57. The maximum Gasteiger partial charge on any atom is 0.238 e. The van der Waals surface area contributed by atoms with Crippen LogP contribution in [0.5, 0.6) is 0 Å². The number of aromatic amines is 1. The summed E-state index contributed by atoms with van der Waals surface area (Å²) in [6.45, 7) is 3.50. The number of hydrogen-bond acceptors (Lipinski definition) is 4. The Balaban J connectivity index is 1.36. The molecule has 150 valence electrons. The lowest BCUT2D eigenvalue weighted by molar-refractivity contribution is -0.117. The number of fused-ring (bicyclic) bond motifs is 1. The van der Waals surface area contributed by atoms with Crippen molar-refractivity contribution in [1.29, 1.82) is 0 Å². The van der Waals surface area contributed by atoms with E-state index in [9.17, 15) is 9.59 Å². The molecule has 3 aromatic rings. The van der Waals surface area contributed by atoms with Crippen LogP contribution in [0, 0.1) is 0 Å². The number of H-pyrrole nitrogens is 1. The van der Waals surface area contributed by atoms with E-state index in [0.29, 0.717) is 23.8 Å². The Morgan fingerprint density at radius 2 is 1.93 bits per heavy atom. The van der Waals surface area contributed by atoms with Gasteiger partial charge in [-0.3, -0.25) is 14.5 Å². The Labute approximate surface area is 169 Å². The van der Waals surface area contributed by atoms with Crippen LogP contribution in [0.3, 0.4) is 0 Å². The molecule has 2 amide bonds. The second-order valence-corrected chi connectivity index (χ2v) is 7.52. The number of carbonyl (C=O) groups excluding carboxylic acids is 2. The summed E-state index contributed by atoms with van der Waals surface area (Å²) >= 11 is 0. The van der Waals surface area contributed by atoms with Crippen LogP contribution in [-0.4, -0.2) is 46.3 Å². The topological polar surface area (TPSA) is 90.1 Å². The number of hydrogen-bond donors (Lipinski definition) is 3. The molecule has 7 heteroatoms. The number of nitrogens with one attached hydrogen (secondary N) is 3. The molecule has 0 saturated carbocycles. The largest absolute Gasteiger partial charge is 0.342 e. The number of benzene rings is 2. The average molecular weight is 391 g/mol. The Hall–Kier alpha value is -3.19. The van der Waals surface area contributed by atoms with Crippen molar-refractivity contribution in [1.82, 2.24) is 14.9 Å². The minimum atomic E-state index is -0.140. The van der Waals surface area contributed by atoms with Crippen molar-refractivity contribution in [2.24, 2.45) is 0 Å². The van der Waals surface area contributed by atoms with Crippen LogP contribution in [0.15, 0.2) is 48.5 Å². The lowest BCUT2D eigenvalue weighted by Crippen LogP contribution is -2.40. The van der Waals surface area contributed by atoms with Gasteiger partial charge in [0.2, 0.25) is 11.8 Å². The smallest absolute Gasteiger partial charge is 0.238 e. The highest BCUT2D eigenvalue weighted by Gasteiger charge is 2.25. The first-order valence-corrected chi connectivity index (χ1v) is 9.91. The molecule has 1 saturated heterocycles. The first-order valence-electron chi connectivity index (χ1n) is 9.91. The number of piperidine rings is 1. The van der Waals surface area contributed by atoms with Crippen LogP contribution in [0.2, 0.25) is 0 Å². The molecule has 0 radical (unpaired) electrons. The fourth-order valence-corrected chi connectivity index (χ4v) is 3.87. The third-order valence-electron chi connectivity index (χ3n) is 5.13. The molecule has 1 unspecified atom stereocenters. The van der Waals surface area contributed by atoms with Crippen LogP contribution in [0.1, 0.15) is 31.5 Å². The normalized spacial score (nSPS) is 17.2. The van der Waals surface area contributed by atoms with Crippen molar-refractivity contribution in [2.45, 2.75) is 25.7 Å². The molecule has 3 N–H and O–H groups in total. The maximum atomic E-state index is 12.5. The van der Waals surface area contributed by atoms with Crippen LogP contribution < -0.4 is 10.6 Å². The number of amides is 2. The first-order chi connectivity index (χ1) is 14.1. The van der Waals surface area contributed by atoms with Gasteiger partial charge in [0.05, 0.1) is 17.6 Å². The second kappa shape index (κ2) is 8.45. The van der Waals surface area contributed by atoms with Crippen molar-refractivity contribution in [3.63, 3.8) is 0 Å². The van der Waals surface area contributed by atoms with Gasteiger partial charge in [-0.2, -0.15) is 0 Å². The number of nitrogens with zero attached hydrogens (tertiary/aromatic N) is 2. The summed E-state index contributed by atoms with van der Waals surface area (Å²) in [6, 6.07) is 15.2. The van der Waals surface area contributed by atoms with E-state index in [4.69, 9.17) is 4.98 Å². The van der Waals surface area contributed by atoms with Crippen LogP contribution in [-0.2, 0) is 9.59 Å². The van der Waals surface area contributed by atoms with E-state index in [1.165, 1.54) is 6.92 Å². The van der Waals surface area contributed by atoms with E-state index < -0.39 is 0 Å². The van der Waals surface area contributed by atoms with Gasteiger partial charge in [0, 0.05) is 30.8 Å². The summed E-state index contributed by atoms with van der Waals surface area (Å²) < 4.78 is 0. The Morgan fingerprint density at radius 3 is 2.72 bits per heavy atom. The minimum Gasteiger partial charge on any atom is -0.342 e. The zero-order valence-corrected chi connectivity index (χ0v) is 16.4. The molecule has 1 fully saturated rings. The highest BCUT2D eigenvalue weighted by atomic mass is 16.2. The molecule has 29 heavy (non-hydrogen) atoms. The van der Waals surface area contributed by atoms with Gasteiger partial charge in [-0.15, -0.1) is 0 Å². The molecule has 2 heterocycles. The molecule has 0 spiro atoms. The molecule has 4 rings (SSSR count). The van der Waals surface area contributed by atoms with Crippen molar-refractivity contribution in [2.75, 3.05) is 30.3 Å². The van der Waals surface area contributed by atoms with Crippen LogP contribution in [0.25, 0.3) is 11.0 Å². The van der Waals surface area contributed by atoms with Crippen molar-refractivity contribution >= 4 is 34.2 Å². The van der Waals surface area contributed by atoms with Crippen molar-refractivity contribution in [3.05, 3.63) is 54.4 Å². The third-order valence-corrected chi connectivity index (χ3v) is 5.13. The standard InChI is InChI=1S/C22H25N5O2/c1-15(28)23-17-7-4-8-18(12-17)24-21(29)14-27-11-5-6-16(13-27)22-25-19-9-2-3-10-20(19)26-22/h2-4,7-10,12,16H,5-6,11,13-14H2,1H3,(H,23,28)(H,24,29)(H,25,26). The SMILES string of the molecule is CC(=O)Nc1cccc(NC(=O)CN2CCCC(c3nc4ccccc4[nH]3)C2)c1. The number of anilines is 2. The highest BCUT2D eigenvalue weighted by Crippen LogP contribution is 2.26. The molecule has 0 aliphatic carbocycles. The molecule has 0 bridgehead atoms. The van der Waals surface area contributed by atoms with Gasteiger partial charge in [-0.05, 0) is 49.7 Å². The van der Waals surface area contributed by atoms with E-state index in [2.05, 4.69) is 20.5 Å². The van der Waals surface area contributed by atoms with E-state index in [1.54, 1.807) is 18.2 Å². The van der Waals surface area contributed by atoms with Gasteiger partial charge < -0.3 is 15.6 Å². The van der Waals surface area contributed by atoms with E-state index >= 15 is 0 Å². The van der Waals surface area contributed by atoms with Crippen LogP contribution >= 0.6 is 0 Å². The predicted octanol–water partition coefficient (Wildman–Crippen LogP) is 3.34. The molecule has 1 aliphatic rings. The zero-order valence-electron chi connectivity index (χ0n) is 16.4. The predicted molar refractivity (Wildman–Crippen MR) is 114 cm³/mol. The monoisotopic (exact) mass is 391 g/mol. The fourth-order valence-electron chi connectivity index (χ4n) is 3.87.